The number of hydrogen-bond acceptors (Lipinski definition) is 5. The molecule has 118 valence electrons. The van der Waals surface area contributed by atoms with Crippen molar-refractivity contribution < 1.29 is 23.7 Å². The molecule has 0 spiro atoms. The zero-order chi connectivity index (χ0) is 15.5. The minimum Gasteiger partial charge on any atom is -0.492 e. The summed E-state index contributed by atoms with van der Waals surface area (Å²) in [7, 11) is 3.10. The SMILES string of the molecule is COc1c(C=CC(=O)N2CCCC2)cc2c(c1OC)OCO2. The molecule has 0 N–H and O–H groups in total. The number of carbonyl (C=O) groups is 1. The Morgan fingerprint density at radius 2 is 1.91 bits per heavy atom. The van der Waals surface area contributed by atoms with E-state index in [9.17, 15) is 4.79 Å². The lowest BCUT2D eigenvalue weighted by atomic mass is 10.1. The van der Waals surface area contributed by atoms with Crippen molar-refractivity contribution in [2.24, 2.45) is 0 Å². The van der Waals surface area contributed by atoms with Gasteiger partial charge in [0.2, 0.25) is 24.2 Å². The van der Waals surface area contributed by atoms with Crippen molar-refractivity contribution in [1.82, 2.24) is 4.90 Å². The van der Waals surface area contributed by atoms with Crippen molar-refractivity contribution in [3.05, 3.63) is 17.7 Å². The van der Waals surface area contributed by atoms with E-state index in [1.54, 1.807) is 32.4 Å². The molecule has 1 fully saturated rings. The normalized spacial score (nSPS) is 16.4. The Balaban J connectivity index is 1.91. The van der Waals surface area contributed by atoms with Crippen molar-refractivity contribution >= 4 is 12.0 Å². The third-order valence-electron chi connectivity index (χ3n) is 3.83. The Kier molecular flexibility index (Phi) is 4.09. The molecule has 1 aromatic rings. The standard InChI is InChI=1S/C16H19NO5/c1-19-14-11(5-6-13(18)17-7-3-4-8-17)9-12-15(16(14)20-2)22-10-21-12/h5-6,9H,3-4,7-8,10H2,1-2H3. The molecule has 0 aliphatic carbocycles. The molecule has 0 bridgehead atoms. The number of fused-ring (bicyclic) bond motifs is 1. The van der Waals surface area contributed by atoms with Crippen molar-refractivity contribution in [1.29, 1.82) is 0 Å². The molecular weight excluding hydrogens is 286 g/mol. The number of hydrogen-bond donors (Lipinski definition) is 0. The number of rotatable bonds is 4. The molecule has 1 saturated heterocycles. The zero-order valence-corrected chi connectivity index (χ0v) is 12.8. The lowest BCUT2D eigenvalue weighted by Crippen LogP contribution is -2.25. The van der Waals surface area contributed by atoms with Crippen molar-refractivity contribution in [3.63, 3.8) is 0 Å². The fraction of sp³-hybridized carbons (Fsp3) is 0.438. The third kappa shape index (κ3) is 2.56. The highest BCUT2D eigenvalue weighted by molar-refractivity contribution is 5.92. The summed E-state index contributed by atoms with van der Waals surface area (Å²) < 4.78 is 21.6. The molecule has 2 heterocycles. The van der Waals surface area contributed by atoms with Crippen LogP contribution in [0.4, 0.5) is 0 Å². The Morgan fingerprint density at radius 1 is 1.18 bits per heavy atom. The second kappa shape index (κ2) is 6.17. The number of benzene rings is 1. The van der Waals surface area contributed by atoms with E-state index in [0.29, 0.717) is 23.0 Å². The van der Waals surface area contributed by atoms with E-state index < -0.39 is 0 Å². The molecule has 6 heteroatoms. The van der Waals surface area contributed by atoms with E-state index in [2.05, 4.69) is 0 Å². The first-order chi connectivity index (χ1) is 10.7. The first-order valence-corrected chi connectivity index (χ1v) is 7.26. The highest BCUT2D eigenvalue weighted by Crippen LogP contribution is 2.49. The van der Waals surface area contributed by atoms with Crippen LogP contribution < -0.4 is 18.9 Å². The Morgan fingerprint density at radius 3 is 2.59 bits per heavy atom. The molecule has 0 saturated carbocycles. The van der Waals surface area contributed by atoms with E-state index in [1.165, 1.54) is 0 Å². The van der Waals surface area contributed by atoms with Gasteiger partial charge in [-0.15, -0.1) is 0 Å². The summed E-state index contributed by atoms with van der Waals surface area (Å²) in [5, 5.41) is 0. The van der Waals surface area contributed by atoms with Crippen LogP contribution in [0.15, 0.2) is 12.1 Å². The Hall–Kier alpha value is -2.37. The van der Waals surface area contributed by atoms with Crippen LogP contribution in [0.25, 0.3) is 6.08 Å². The zero-order valence-electron chi connectivity index (χ0n) is 12.8. The molecule has 1 amide bonds. The lowest BCUT2D eigenvalue weighted by molar-refractivity contribution is -0.124. The summed E-state index contributed by atoms with van der Waals surface area (Å²) >= 11 is 0. The fourth-order valence-electron chi connectivity index (χ4n) is 2.74. The molecule has 0 aromatic heterocycles. The quantitative estimate of drug-likeness (QED) is 0.797. The average molecular weight is 305 g/mol. The van der Waals surface area contributed by atoms with Gasteiger partial charge in [-0.3, -0.25) is 4.79 Å². The maximum absolute atomic E-state index is 12.1. The van der Waals surface area contributed by atoms with Gasteiger partial charge in [0, 0.05) is 24.7 Å². The topological polar surface area (TPSA) is 57.2 Å². The van der Waals surface area contributed by atoms with Gasteiger partial charge in [0.05, 0.1) is 14.2 Å². The van der Waals surface area contributed by atoms with E-state index in [1.807, 2.05) is 4.90 Å². The first-order valence-electron chi connectivity index (χ1n) is 7.26. The van der Waals surface area contributed by atoms with Crippen molar-refractivity contribution in [2.45, 2.75) is 12.8 Å². The number of carbonyl (C=O) groups excluding carboxylic acids is 1. The van der Waals surface area contributed by atoms with E-state index >= 15 is 0 Å². The van der Waals surface area contributed by atoms with Crippen LogP contribution in [0.3, 0.4) is 0 Å². The highest BCUT2D eigenvalue weighted by Gasteiger charge is 2.25. The predicted molar refractivity (Wildman–Crippen MR) is 80.5 cm³/mol. The smallest absolute Gasteiger partial charge is 0.246 e. The summed E-state index contributed by atoms with van der Waals surface area (Å²) in [6, 6.07) is 1.79. The average Bonchev–Trinajstić information content (AvgIpc) is 3.21. The van der Waals surface area contributed by atoms with E-state index in [0.717, 1.165) is 31.5 Å². The Bertz CT molecular complexity index is 605. The van der Waals surface area contributed by atoms with Crippen LogP contribution in [0, 0.1) is 0 Å². The summed E-state index contributed by atoms with van der Waals surface area (Å²) in [6.07, 6.45) is 5.43. The van der Waals surface area contributed by atoms with Crippen LogP contribution in [0.1, 0.15) is 18.4 Å². The number of methoxy groups -OCH3 is 2. The molecule has 0 radical (unpaired) electrons. The van der Waals surface area contributed by atoms with Crippen LogP contribution in [0.5, 0.6) is 23.0 Å². The molecule has 6 nitrogen and oxygen atoms in total. The monoisotopic (exact) mass is 305 g/mol. The molecule has 0 unspecified atom stereocenters. The fourth-order valence-corrected chi connectivity index (χ4v) is 2.74. The minimum atomic E-state index is 0.0104. The van der Waals surface area contributed by atoms with Gasteiger partial charge >= 0.3 is 0 Å². The first kappa shape index (κ1) is 14.6. The highest BCUT2D eigenvalue weighted by atomic mass is 16.7. The van der Waals surface area contributed by atoms with Gasteiger partial charge in [-0.05, 0) is 25.0 Å². The molecule has 22 heavy (non-hydrogen) atoms. The van der Waals surface area contributed by atoms with Crippen LogP contribution in [-0.4, -0.2) is 44.9 Å². The minimum absolute atomic E-state index is 0.0104. The van der Waals surface area contributed by atoms with Crippen LogP contribution >= 0.6 is 0 Å². The number of ether oxygens (including phenoxy) is 4. The van der Waals surface area contributed by atoms with E-state index in [-0.39, 0.29) is 12.7 Å². The molecule has 2 aliphatic rings. The lowest BCUT2D eigenvalue weighted by Gasteiger charge is -2.14. The number of likely N-dealkylation sites (tertiary alicyclic amines) is 1. The van der Waals surface area contributed by atoms with Gasteiger partial charge in [0.15, 0.2) is 11.5 Å². The molecular formula is C16H19NO5. The van der Waals surface area contributed by atoms with Gasteiger partial charge in [-0.2, -0.15) is 0 Å². The van der Waals surface area contributed by atoms with Crippen LogP contribution in [0.2, 0.25) is 0 Å². The summed E-state index contributed by atoms with van der Waals surface area (Å²) in [6.45, 7) is 1.80. The van der Waals surface area contributed by atoms with Gasteiger partial charge in [-0.25, -0.2) is 0 Å². The Labute approximate surface area is 129 Å². The number of nitrogens with zero attached hydrogens (tertiary/aromatic N) is 1. The summed E-state index contributed by atoms with van der Waals surface area (Å²) in [5.74, 6) is 2.13. The van der Waals surface area contributed by atoms with Gasteiger partial charge < -0.3 is 23.8 Å². The second-order valence-corrected chi connectivity index (χ2v) is 5.13. The van der Waals surface area contributed by atoms with E-state index in [4.69, 9.17) is 18.9 Å². The van der Waals surface area contributed by atoms with Gasteiger partial charge in [-0.1, -0.05) is 0 Å². The maximum atomic E-state index is 12.1. The summed E-state index contributed by atoms with van der Waals surface area (Å²) in [4.78, 5) is 14.0. The number of amides is 1. The predicted octanol–water partition coefficient (Wildman–Crippen LogP) is 2.07. The summed E-state index contributed by atoms with van der Waals surface area (Å²) in [5.41, 5.74) is 0.719. The second-order valence-electron chi connectivity index (χ2n) is 5.13. The van der Waals surface area contributed by atoms with Crippen molar-refractivity contribution in [3.8, 4) is 23.0 Å². The van der Waals surface area contributed by atoms with Crippen LogP contribution in [-0.2, 0) is 4.79 Å². The maximum Gasteiger partial charge on any atom is 0.246 e. The van der Waals surface area contributed by atoms with Crippen molar-refractivity contribution in [2.75, 3.05) is 34.1 Å². The largest absolute Gasteiger partial charge is 0.492 e. The molecule has 3 rings (SSSR count). The molecule has 0 atom stereocenters. The van der Waals surface area contributed by atoms with Gasteiger partial charge in [0.1, 0.15) is 0 Å². The molecule has 1 aromatic carbocycles. The van der Waals surface area contributed by atoms with Gasteiger partial charge in [0.25, 0.3) is 0 Å². The molecule has 2 aliphatic heterocycles. The third-order valence-corrected chi connectivity index (χ3v) is 3.83.